The minimum absolute atomic E-state index is 0.0825. The first-order chi connectivity index (χ1) is 6.68. The average Bonchev–Trinajstić information content (AvgIpc) is 2.29. The molecular formula is C9H17N3O2. The number of primary amides is 1. The van der Waals surface area contributed by atoms with E-state index in [1.807, 2.05) is 0 Å². The highest BCUT2D eigenvalue weighted by molar-refractivity contribution is 5.76. The minimum atomic E-state index is -0.310. The van der Waals surface area contributed by atoms with Gasteiger partial charge in [0.15, 0.2) is 0 Å². The van der Waals surface area contributed by atoms with Crippen molar-refractivity contribution in [2.75, 3.05) is 13.1 Å². The molecule has 1 rings (SSSR count). The first kappa shape index (κ1) is 11.0. The number of nitrogens with two attached hydrogens (primary N) is 1. The molecule has 0 aromatic heterocycles. The molecule has 1 heterocycles. The van der Waals surface area contributed by atoms with Crippen LogP contribution in [0.5, 0.6) is 0 Å². The van der Waals surface area contributed by atoms with E-state index in [4.69, 9.17) is 5.73 Å². The SMILES string of the molecule is NC(=O)CCNC1CCCNC(=O)C1. The first-order valence-corrected chi connectivity index (χ1v) is 4.97. The Bertz CT molecular complexity index is 218. The Labute approximate surface area is 83.4 Å². The molecule has 2 amide bonds. The Morgan fingerprint density at radius 3 is 3.14 bits per heavy atom. The van der Waals surface area contributed by atoms with Gasteiger partial charge in [-0.1, -0.05) is 0 Å². The van der Waals surface area contributed by atoms with Crippen LogP contribution < -0.4 is 16.4 Å². The summed E-state index contributed by atoms with van der Waals surface area (Å²) in [6.07, 6.45) is 2.79. The van der Waals surface area contributed by atoms with Gasteiger partial charge < -0.3 is 16.4 Å². The summed E-state index contributed by atoms with van der Waals surface area (Å²) in [7, 11) is 0. The molecule has 0 saturated carbocycles. The number of hydrogen-bond donors (Lipinski definition) is 3. The Balaban J connectivity index is 2.21. The summed E-state index contributed by atoms with van der Waals surface area (Å²) in [5.41, 5.74) is 5.01. The van der Waals surface area contributed by atoms with E-state index < -0.39 is 0 Å². The van der Waals surface area contributed by atoms with Crippen LogP contribution in [0, 0.1) is 0 Å². The second-order valence-corrected chi connectivity index (χ2v) is 3.56. The van der Waals surface area contributed by atoms with Crippen molar-refractivity contribution in [1.82, 2.24) is 10.6 Å². The predicted octanol–water partition coefficient (Wildman–Crippen LogP) is -0.880. The third-order valence-electron chi connectivity index (χ3n) is 2.29. The van der Waals surface area contributed by atoms with Crippen molar-refractivity contribution in [2.45, 2.75) is 31.7 Å². The molecule has 0 aliphatic carbocycles. The van der Waals surface area contributed by atoms with Crippen LogP contribution in [0.2, 0.25) is 0 Å². The molecule has 5 heteroatoms. The molecule has 14 heavy (non-hydrogen) atoms. The van der Waals surface area contributed by atoms with Gasteiger partial charge in [0.2, 0.25) is 11.8 Å². The monoisotopic (exact) mass is 199 g/mol. The number of carbonyl (C=O) groups is 2. The molecule has 80 valence electrons. The normalized spacial score (nSPS) is 22.6. The van der Waals surface area contributed by atoms with Gasteiger partial charge in [0.1, 0.15) is 0 Å². The third kappa shape index (κ3) is 4.23. The molecule has 1 unspecified atom stereocenters. The number of hydrogen-bond acceptors (Lipinski definition) is 3. The van der Waals surface area contributed by atoms with E-state index in [2.05, 4.69) is 10.6 Å². The van der Waals surface area contributed by atoms with Crippen LogP contribution in [-0.2, 0) is 9.59 Å². The lowest BCUT2D eigenvalue weighted by Gasteiger charge is -2.13. The molecule has 0 aromatic carbocycles. The maximum absolute atomic E-state index is 11.1. The van der Waals surface area contributed by atoms with Gasteiger partial charge in [-0.15, -0.1) is 0 Å². The molecule has 1 saturated heterocycles. The molecule has 1 aliphatic rings. The molecule has 5 nitrogen and oxygen atoms in total. The highest BCUT2D eigenvalue weighted by Crippen LogP contribution is 2.05. The first-order valence-electron chi connectivity index (χ1n) is 4.97. The molecule has 0 bridgehead atoms. The van der Waals surface area contributed by atoms with Crippen molar-refractivity contribution in [3.63, 3.8) is 0 Å². The van der Waals surface area contributed by atoms with Gasteiger partial charge in [0.05, 0.1) is 0 Å². The summed E-state index contributed by atoms with van der Waals surface area (Å²) >= 11 is 0. The molecule has 4 N–H and O–H groups in total. The standard InChI is InChI=1S/C9H17N3O2/c10-8(13)3-5-11-7-2-1-4-12-9(14)6-7/h7,11H,1-6H2,(H2,10,13)(H,12,14). The van der Waals surface area contributed by atoms with E-state index in [9.17, 15) is 9.59 Å². The van der Waals surface area contributed by atoms with Crippen molar-refractivity contribution < 1.29 is 9.59 Å². The Kier molecular flexibility index (Phi) is 4.39. The zero-order valence-electron chi connectivity index (χ0n) is 8.21. The molecular weight excluding hydrogens is 182 g/mol. The quantitative estimate of drug-likeness (QED) is 0.549. The van der Waals surface area contributed by atoms with Crippen LogP contribution in [-0.4, -0.2) is 30.9 Å². The lowest BCUT2D eigenvalue weighted by atomic mass is 10.1. The van der Waals surface area contributed by atoms with Crippen molar-refractivity contribution in [3.8, 4) is 0 Å². The van der Waals surface area contributed by atoms with E-state index in [0.717, 1.165) is 19.4 Å². The van der Waals surface area contributed by atoms with Crippen LogP contribution in [0.4, 0.5) is 0 Å². The highest BCUT2D eigenvalue weighted by Gasteiger charge is 2.16. The lowest BCUT2D eigenvalue weighted by Crippen LogP contribution is -2.34. The van der Waals surface area contributed by atoms with Gasteiger partial charge in [-0.05, 0) is 12.8 Å². The van der Waals surface area contributed by atoms with Crippen LogP contribution in [0.3, 0.4) is 0 Å². The maximum atomic E-state index is 11.1. The van der Waals surface area contributed by atoms with Crippen molar-refractivity contribution in [3.05, 3.63) is 0 Å². The van der Waals surface area contributed by atoms with Gasteiger partial charge in [-0.3, -0.25) is 9.59 Å². The third-order valence-corrected chi connectivity index (χ3v) is 2.29. The molecule has 1 fully saturated rings. The van der Waals surface area contributed by atoms with Crippen LogP contribution in [0.1, 0.15) is 25.7 Å². The number of carbonyl (C=O) groups excluding carboxylic acids is 2. The summed E-state index contributed by atoms with van der Waals surface area (Å²) in [5.74, 6) is -0.227. The summed E-state index contributed by atoms with van der Waals surface area (Å²) in [6.45, 7) is 1.32. The Morgan fingerprint density at radius 1 is 1.64 bits per heavy atom. The van der Waals surface area contributed by atoms with E-state index in [-0.39, 0.29) is 17.9 Å². The number of rotatable bonds is 4. The molecule has 0 aromatic rings. The summed E-state index contributed by atoms with van der Waals surface area (Å²) in [6, 6.07) is 0.192. The van der Waals surface area contributed by atoms with Crippen molar-refractivity contribution >= 4 is 11.8 Å². The second-order valence-electron chi connectivity index (χ2n) is 3.56. The predicted molar refractivity (Wildman–Crippen MR) is 52.5 cm³/mol. The van der Waals surface area contributed by atoms with Gasteiger partial charge in [-0.25, -0.2) is 0 Å². The number of amides is 2. The topological polar surface area (TPSA) is 84.2 Å². The fraction of sp³-hybridized carbons (Fsp3) is 0.778. The van der Waals surface area contributed by atoms with E-state index in [1.54, 1.807) is 0 Å². The van der Waals surface area contributed by atoms with Crippen molar-refractivity contribution in [2.24, 2.45) is 5.73 Å². The maximum Gasteiger partial charge on any atom is 0.221 e. The van der Waals surface area contributed by atoms with E-state index >= 15 is 0 Å². The molecule has 1 atom stereocenters. The fourth-order valence-corrected chi connectivity index (χ4v) is 1.55. The second kappa shape index (κ2) is 5.59. The lowest BCUT2D eigenvalue weighted by molar-refractivity contribution is -0.121. The number of nitrogens with one attached hydrogen (secondary N) is 2. The summed E-state index contributed by atoms with van der Waals surface area (Å²) in [5, 5.41) is 5.96. The van der Waals surface area contributed by atoms with E-state index in [1.165, 1.54) is 0 Å². The summed E-state index contributed by atoms with van der Waals surface area (Å²) < 4.78 is 0. The van der Waals surface area contributed by atoms with E-state index in [0.29, 0.717) is 19.4 Å². The average molecular weight is 199 g/mol. The molecule has 0 radical (unpaired) electrons. The fourth-order valence-electron chi connectivity index (χ4n) is 1.55. The Morgan fingerprint density at radius 2 is 2.43 bits per heavy atom. The zero-order valence-corrected chi connectivity index (χ0v) is 8.21. The smallest absolute Gasteiger partial charge is 0.221 e. The van der Waals surface area contributed by atoms with Crippen LogP contribution in [0.25, 0.3) is 0 Å². The minimum Gasteiger partial charge on any atom is -0.370 e. The Hall–Kier alpha value is -1.10. The van der Waals surface area contributed by atoms with Gasteiger partial charge in [0.25, 0.3) is 0 Å². The molecule has 0 spiro atoms. The largest absolute Gasteiger partial charge is 0.370 e. The summed E-state index contributed by atoms with van der Waals surface area (Å²) in [4.78, 5) is 21.6. The van der Waals surface area contributed by atoms with Gasteiger partial charge in [-0.2, -0.15) is 0 Å². The molecule has 1 aliphatic heterocycles. The van der Waals surface area contributed by atoms with Gasteiger partial charge >= 0.3 is 0 Å². The highest BCUT2D eigenvalue weighted by atomic mass is 16.2. The van der Waals surface area contributed by atoms with Crippen LogP contribution in [0.15, 0.2) is 0 Å². The van der Waals surface area contributed by atoms with Crippen LogP contribution >= 0.6 is 0 Å². The zero-order chi connectivity index (χ0) is 10.4. The van der Waals surface area contributed by atoms with Crippen molar-refractivity contribution in [1.29, 1.82) is 0 Å². The van der Waals surface area contributed by atoms with Gasteiger partial charge in [0, 0.05) is 32.0 Å².